The smallest absolute Gasteiger partial charge is 0.332 e. The summed E-state index contributed by atoms with van der Waals surface area (Å²) in [5, 5.41) is 2.89. The van der Waals surface area contributed by atoms with E-state index in [0.717, 1.165) is 0 Å². The Labute approximate surface area is 151 Å². The van der Waals surface area contributed by atoms with Gasteiger partial charge in [-0.15, -0.1) is 4.83 Å². The van der Waals surface area contributed by atoms with Gasteiger partial charge in [-0.25, -0.2) is 18.0 Å². The molecule has 1 aliphatic rings. The van der Waals surface area contributed by atoms with Crippen LogP contribution in [0.2, 0.25) is 5.02 Å². The molecule has 1 aliphatic carbocycles. The molecule has 2 amide bonds. The molecule has 1 unspecified atom stereocenters. The second-order valence-corrected chi connectivity index (χ2v) is 8.44. The molecule has 3 N–H and O–H groups in total. The Bertz CT molecular complexity index is 779. The van der Waals surface area contributed by atoms with Gasteiger partial charge < -0.3 is 10.1 Å². The average Bonchev–Trinajstić information content (AvgIpc) is 3.08. The Morgan fingerprint density at radius 2 is 1.80 bits per heavy atom. The lowest BCUT2D eigenvalue weighted by Crippen LogP contribution is -2.55. The number of carbonyl (C=O) groups excluding carboxylic acids is 2. The zero-order chi connectivity index (χ0) is 18.9. The summed E-state index contributed by atoms with van der Waals surface area (Å²) in [6, 6.07) is 4.58. The van der Waals surface area contributed by atoms with E-state index < -0.39 is 33.0 Å². The molecule has 1 aromatic rings. The van der Waals surface area contributed by atoms with E-state index in [0.29, 0.717) is 11.4 Å². The number of hydrazine groups is 1. The third-order valence-electron chi connectivity index (χ3n) is 4.11. The van der Waals surface area contributed by atoms with Gasteiger partial charge in [0.15, 0.2) is 0 Å². The number of hydrogen-bond donors (Lipinski definition) is 3. The van der Waals surface area contributed by atoms with Crippen LogP contribution in [-0.4, -0.2) is 32.6 Å². The van der Waals surface area contributed by atoms with Crippen molar-refractivity contribution in [3.05, 3.63) is 29.3 Å². The molecule has 25 heavy (non-hydrogen) atoms. The molecule has 1 fully saturated rings. The number of amides is 2. The fourth-order valence-electron chi connectivity index (χ4n) is 2.50. The first-order valence-electron chi connectivity index (χ1n) is 7.57. The molecule has 0 aliphatic heterocycles. The minimum Gasteiger partial charge on any atom is -0.464 e. The van der Waals surface area contributed by atoms with Crippen LogP contribution in [0.15, 0.2) is 29.2 Å². The van der Waals surface area contributed by atoms with E-state index in [4.69, 9.17) is 16.3 Å². The van der Waals surface area contributed by atoms with Crippen LogP contribution < -0.4 is 15.6 Å². The van der Waals surface area contributed by atoms with Gasteiger partial charge in [0.1, 0.15) is 5.54 Å². The Kier molecular flexibility index (Phi) is 5.31. The maximum Gasteiger partial charge on any atom is 0.332 e. The second-order valence-electron chi connectivity index (χ2n) is 6.33. The minimum atomic E-state index is -3.96. The molecule has 0 bridgehead atoms. The number of benzene rings is 1. The molecule has 0 spiro atoms. The summed E-state index contributed by atoms with van der Waals surface area (Å²) in [5.74, 6) is -0.546. The van der Waals surface area contributed by atoms with Crippen LogP contribution in [0.25, 0.3) is 0 Å². The maximum absolute atomic E-state index is 12.1. The predicted molar refractivity (Wildman–Crippen MR) is 91.2 cm³/mol. The van der Waals surface area contributed by atoms with E-state index >= 15 is 0 Å². The third kappa shape index (κ3) is 4.05. The van der Waals surface area contributed by atoms with E-state index in [1.54, 1.807) is 6.92 Å². The van der Waals surface area contributed by atoms with E-state index in [9.17, 15) is 18.0 Å². The molecule has 1 aromatic carbocycles. The summed E-state index contributed by atoms with van der Waals surface area (Å²) in [4.78, 5) is 26.1. The zero-order valence-electron chi connectivity index (χ0n) is 14.1. The van der Waals surface area contributed by atoms with Crippen molar-refractivity contribution >= 4 is 33.6 Å². The van der Waals surface area contributed by atoms with Crippen LogP contribution in [0.1, 0.15) is 27.2 Å². The summed E-state index contributed by atoms with van der Waals surface area (Å²) >= 11 is 5.71. The summed E-state index contributed by atoms with van der Waals surface area (Å²) in [5.41, 5.74) is 0.390. The molecule has 0 radical (unpaired) electrons. The number of ether oxygens (including phenoxy) is 1. The number of urea groups is 1. The van der Waals surface area contributed by atoms with Gasteiger partial charge in [0.2, 0.25) is 0 Å². The van der Waals surface area contributed by atoms with Crippen molar-refractivity contribution in [2.24, 2.45) is 5.41 Å². The lowest BCUT2D eigenvalue weighted by atomic mass is 10.1. The molecule has 10 heteroatoms. The standard InChI is InChI=1S/C15H20ClN3O5S/c1-4-24-12(20)15(9-14(15,2)3)17-13(21)18-19-25(22,23)11-7-5-10(16)6-8-11/h5-8,19H,4,9H2,1-3H3,(H2,17,18,21). The fraction of sp³-hybridized carbons (Fsp3) is 0.467. The van der Waals surface area contributed by atoms with Gasteiger partial charge >= 0.3 is 12.0 Å². The van der Waals surface area contributed by atoms with Crippen molar-refractivity contribution in [3.63, 3.8) is 0 Å². The molecule has 0 heterocycles. The quantitative estimate of drug-likeness (QED) is 0.504. The Balaban J connectivity index is 2.00. The highest BCUT2D eigenvalue weighted by atomic mass is 35.5. The number of halogens is 1. The first-order chi connectivity index (χ1) is 11.5. The maximum atomic E-state index is 12.1. The van der Waals surface area contributed by atoms with Crippen molar-refractivity contribution in [1.82, 2.24) is 15.6 Å². The van der Waals surface area contributed by atoms with Crippen molar-refractivity contribution in [2.75, 3.05) is 6.61 Å². The Morgan fingerprint density at radius 3 is 2.28 bits per heavy atom. The lowest BCUT2D eigenvalue weighted by molar-refractivity contribution is -0.147. The molecule has 1 saturated carbocycles. The van der Waals surface area contributed by atoms with Crippen molar-refractivity contribution in [1.29, 1.82) is 0 Å². The van der Waals surface area contributed by atoms with Crippen LogP contribution in [0.3, 0.4) is 0 Å². The van der Waals surface area contributed by atoms with Gasteiger partial charge in [-0.2, -0.15) is 0 Å². The number of sulfonamides is 1. The van der Waals surface area contributed by atoms with Gasteiger partial charge in [0.05, 0.1) is 11.5 Å². The van der Waals surface area contributed by atoms with Crippen LogP contribution in [0.4, 0.5) is 4.79 Å². The molecular weight excluding hydrogens is 370 g/mol. The highest BCUT2D eigenvalue weighted by Crippen LogP contribution is 2.56. The number of carbonyl (C=O) groups is 2. The number of nitrogens with one attached hydrogen (secondary N) is 3. The molecule has 2 rings (SSSR count). The van der Waals surface area contributed by atoms with E-state index in [-0.39, 0.29) is 11.5 Å². The number of esters is 1. The summed E-state index contributed by atoms with van der Waals surface area (Å²) in [6.07, 6.45) is 0.399. The number of rotatable bonds is 6. The van der Waals surface area contributed by atoms with E-state index in [1.807, 2.05) is 24.1 Å². The Hall–Kier alpha value is -1.84. The fourth-order valence-corrected chi connectivity index (χ4v) is 3.46. The molecular formula is C15H20ClN3O5S. The molecule has 0 saturated heterocycles. The topological polar surface area (TPSA) is 114 Å². The van der Waals surface area contributed by atoms with Gasteiger partial charge in [-0.05, 0) is 37.6 Å². The van der Waals surface area contributed by atoms with Crippen LogP contribution in [-0.2, 0) is 19.6 Å². The largest absolute Gasteiger partial charge is 0.464 e. The van der Waals surface area contributed by atoms with Crippen LogP contribution in [0, 0.1) is 5.41 Å². The predicted octanol–water partition coefficient (Wildman–Crippen LogP) is 1.56. The second kappa shape index (κ2) is 6.81. The van der Waals surface area contributed by atoms with Gasteiger partial charge in [-0.1, -0.05) is 25.4 Å². The molecule has 0 aromatic heterocycles. The molecule has 1 atom stereocenters. The highest BCUT2D eigenvalue weighted by molar-refractivity contribution is 7.89. The van der Waals surface area contributed by atoms with E-state index in [2.05, 4.69) is 5.32 Å². The zero-order valence-corrected chi connectivity index (χ0v) is 15.6. The first-order valence-corrected chi connectivity index (χ1v) is 9.43. The monoisotopic (exact) mass is 389 g/mol. The van der Waals surface area contributed by atoms with Crippen molar-refractivity contribution < 1.29 is 22.7 Å². The Morgan fingerprint density at radius 1 is 1.24 bits per heavy atom. The SMILES string of the molecule is CCOC(=O)C1(NC(=O)NNS(=O)(=O)c2ccc(Cl)cc2)CC1(C)C. The number of hydrogen-bond acceptors (Lipinski definition) is 5. The normalized spacial score (nSPS) is 21.3. The average molecular weight is 390 g/mol. The summed E-state index contributed by atoms with van der Waals surface area (Å²) in [7, 11) is -3.96. The van der Waals surface area contributed by atoms with Crippen LogP contribution >= 0.6 is 11.6 Å². The van der Waals surface area contributed by atoms with Crippen molar-refractivity contribution in [2.45, 2.75) is 37.6 Å². The van der Waals surface area contributed by atoms with Gasteiger partial charge in [0.25, 0.3) is 10.0 Å². The third-order valence-corrected chi connectivity index (χ3v) is 5.63. The van der Waals surface area contributed by atoms with Gasteiger partial charge in [-0.3, -0.25) is 5.43 Å². The van der Waals surface area contributed by atoms with Crippen LogP contribution in [0.5, 0.6) is 0 Å². The van der Waals surface area contributed by atoms with Crippen molar-refractivity contribution in [3.8, 4) is 0 Å². The highest BCUT2D eigenvalue weighted by Gasteiger charge is 2.68. The molecule has 138 valence electrons. The lowest BCUT2D eigenvalue weighted by Gasteiger charge is -2.20. The van der Waals surface area contributed by atoms with E-state index in [1.165, 1.54) is 24.3 Å². The summed E-state index contributed by atoms with van der Waals surface area (Å²) in [6.45, 7) is 5.47. The first kappa shape index (κ1) is 19.5. The molecule has 8 nitrogen and oxygen atoms in total. The van der Waals surface area contributed by atoms with Gasteiger partial charge in [0, 0.05) is 10.4 Å². The minimum absolute atomic E-state index is 0.0657. The summed E-state index contributed by atoms with van der Waals surface area (Å²) < 4.78 is 29.2.